The van der Waals surface area contributed by atoms with Gasteiger partial charge in [-0.15, -0.1) is 0 Å². The van der Waals surface area contributed by atoms with Gasteiger partial charge in [0, 0.05) is 30.8 Å². The van der Waals surface area contributed by atoms with Gasteiger partial charge in [0.15, 0.2) is 5.03 Å². The van der Waals surface area contributed by atoms with Crippen LogP contribution < -0.4 is 14.4 Å². The van der Waals surface area contributed by atoms with Crippen LogP contribution in [0.15, 0.2) is 65.8 Å². The third-order valence-corrected chi connectivity index (χ3v) is 7.68. The number of amides is 1. The summed E-state index contributed by atoms with van der Waals surface area (Å²) in [5.41, 5.74) is 2.31. The van der Waals surface area contributed by atoms with Gasteiger partial charge in [0.05, 0.1) is 12.2 Å². The number of hydrogen-bond acceptors (Lipinski definition) is 7. The van der Waals surface area contributed by atoms with E-state index in [2.05, 4.69) is 40.4 Å². The van der Waals surface area contributed by atoms with Crippen molar-refractivity contribution in [1.82, 2.24) is 14.7 Å². The Morgan fingerprint density at radius 2 is 1.92 bits per heavy atom. The molecule has 9 heteroatoms. The first kappa shape index (κ1) is 25.6. The molecule has 1 aliphatic heterocycles. The summed E-state index contributed by atoms with van der Waals surface area (Å²) in [6, 6.07) is 15.7. The van der Waals surface area contributed by atoms with Gasteiger partial charge >= 0.3 is 0 Å². The molecule has 1 saturated heterocycles. The molecule has 1 N–H and O–H groups in total. The highest BCUT2D eigenvalue weighted by atomic mass is 32.2. The van der Waals surface area contributed by atoms with Crippen LogP contribution in [0.2, 0.25) is 0 Å². The van der Waals surface area contributed by atoms with Gasteiger partial charge in [-0.3, -0.25) is 4.79 Å². The fourth-order valence-corrected chi connectivity index (χ4v) is 5.69. The normalized spacial score (nSPS) is 17.1. The molecule has 0 aliphatic carbocycles. The van der Waals surface area contributed by atoms with Crippen molar-refractivity contribution in [3.63, 3.8) is 0 Å². The van der Waals surface area contributed by atoms with Crippen molar-refractivity contribution in [2.24, 2.45) is 5.92 Å². The van der Waals surface area contributed by atoms with Gasteiger partial charge < -0.3 is 9.64 Å². The molecule has 1 fully saturated rings. The average molecular weight is 509 g/mol. The van der Waals surface area contributed by atoms with Crippen molar-refractivity contribution >= 4 is 21.7 Å². The van der Waals surface area contributed by atoms with Crippen LogP contribution in [-0.4, -0.2) is 43.0 Å². The molecule has 1 aromatic carbocycles. The Hall–Kier alpha value is -3.46. The third kappa shape index (κ3) is 5.67. The van der Waals surface area contributed by atoms with Gasteiger partial charge in [0.1, 0.15) is 5.82 Å². The standard InChI is InChI=1S/C27H32N4O4S/c1-19-17-27(3,4)31(18-19)25-22(11-8-15-28-25)26(32)30-36(33,34)24-13-7-12-23(29-24)35-16-14-21-10-6-5-9-20(21)2/h5-13,15,19H,14,16-18H2,1-4H3,(H,30,32). The summed E-state index contributed by atoms with van der Waals surface area (Å²) in [5.74, 6) is 0.329. The highest BCUT2D eigenvalue weighted by Crippen LogP contribution is 2.37. The number of carbonyl (C=O) groups is 1. The van der Waals surface area contributed by atoms with Crippen LogP contribution in [0.3, 0.4) is 0 Å². The maximum Gasteiger partial charge on any atom is 0.281 e. The lowest BCUT2D eigenvalue weighted by atomic mass is 9.97. The monoisotopic (exact) mass is 508 g/mol. The van der Waals surface area contributed by atoms with E-state index in [9.17, 15) is 13.2 Å². The van der Waals surface area contributed by atoms with E-state index in [1.165, 1.54) is 6.07 Å². The molecule has 190 valence electrons. The van der Waals surface area contributed by atoms with E-state index in [1.54, 1.807) is 30.5 Å². The fraction of sp³-hybridized carbons (Fsp3) is 0.370. The molecule has 1 aliphatic rings. The zero-order valence-corrected chi connectivity index (χ0v) is 21.9. The number of benzene rings is 1. The van der Waals surface area contributed by atoms with Crippen molar-refractivity contribution in [2.75, 3.05) is 18.1 Å². The first-order chi connectivity index (χ1) is 17.1. The van der Waals surface area contributed by atoms with Crippen LogP contribution in [0.25, 0.3) is 0 Å². The lowest BCUT2D eigenvalue weighted by molar-refractivity contribution is 0.0981. The van der Waals surface area contributed by atoms with Crippen molar-refractivity contribution in [1.29, 1.82) is 0 Å². The summed E-state index contributed by atoms with van der Waals surface area (Å²) in [6.45, 7) is 9.45. The van der Waals surface area contributed by atoms with Crippen LogP contribution in [0.4, 0.5) is 5.82 Å². The topological polar surface area (TPSA) is 101 Å². The lowest BCUT2D eigenvalue weighted by Crippen LogP contribution is -2.41. The van der Waals surface area contributed by atoms with E-state index >= 15 is 0 Å². The maximum atomic E-state index is 13.1. The molecule has 0 saturated carbocycles. The first-order valence-corrected chi connectivity index (χ1v) is 13.5. The van der Waals surface area contributed by atoms with Crippen LogP contribution >= 0.6 is 0 Å². The highest BCUT2D eigenvalue weighted by molar-refractivity contribution is 7.90. The molecule has 1 unspecified atom stereocenters. The summed E-state index contributed by atoms with van der Waals surface area (Å²) in [4.78, 5) is 23.8. The number of nitrogens with one attached hydrogen (secondary N) is 1. The first-order valence-electron chi connectivity index (χ1n) is 12.0. The zero-order chi connectivity index (χ0) is 25.9. The SMILES string of the molecule is Cc1ccccc1CCOc1cccc(S(=O)(=O)NC(=O)c2cccnc2N2CC(C)CC2(C)C)n1. The second-order valence-corrected chi connectivity index (χ2v) is 11.5. The van der Waals surface area contributed by atoms with E-state index in [4.69, 9.17) is 4.74 Å². The van der Waals surface area contributed by atoms with Crippen molar-refractivity contribution in [3.05, 3.63) is 77.5 Å². The van der Waals surface area contributed by atoms with Crippen molar-refractivity contribution < 1.29 is 17.9 Å². The number of carbonyl (C=O) groups excluding carboxylic acids is 1. The van der Waals surface area contributed by atoms with Crippen molar-refractivity contribution in [3.8, 4) is 5.88 Å². The molecule has 1 amide bonds. The van der Waals surface area contributed by atoms with Crippen LogP contribution in [0.5, 0.6) is 5.88 Å². The number of hydrogen-bond donors (Lipinski definition) is 1. The van der Waals surface area contributed by atoms with E-state index in [0.29, 0.717) is 24.8 Å². The molecule has 0 radical (unpaired) electrons. The van der Waals surface area contributed by atoms with Gasteiger partial charge in [-0.2, -0.15) is 13.4 Å². The second-order valence-electron chi connectivity index (χ2n) is 9.88. The molecule has 4 rings (SSSR count). The molecule has 3 heterocycles. The summed E-state index contributed by atoms with van der Waals surface area (Å²) in [7, 11) is -4.23. The Morgan fingerprint density at radius 1 is 1.14 bits per heavy atom. The number of aryl methyl sites for hydroxylation is 1. The molecular weight excluding hydrogens is 476 g/mol. The molecule has 36 heavy (non-hydrogen) atoms. The Balaban J connectivity index is 1.48. The summed E-state index contributed by atoms with van der Waals surface area (Å²) >= 11 is 0. The van der Waals surface area contributed by atoms with Crippen LogP contribution in [-0.2, 0) is 16.4 Å². The van der Waals surface area contributed by atoms with E-state index < -0.39 is 15.9 Å². The Bertz CT molecular complexity index is 1360. The molecule has 8 nitrogen and oxygen atoms in total. The van der Waals surface area contributed by atoms with E-state index in [0.717, 1.165) is 24.1 Å². The van der Waals surface area contributed by atoms with Gasteiger partial charge in [0.2, 0.25) is 5.88 Å². The molecular formula is C27H32N4O4S. The van der Waals surface area contributed by atoms with E-state index in [1.807, 2.05) is 31.2 Å². The van der Waals surface area contributed by atoms with Crippen LogP contribution in [0, 0.1) is 12.8 Å². The fourth-order valence-electron chi connectivity index (χ4n) is 4.76. The predicted octanol–water partition coefficient (Wildman–Crippen LogP) is 4.15. The molecule has 0 bridgehead atoms. The second kappa shape index (κ2) is 10.3. The Kier molecular flexibility index (Phi) is 7.31. The molecule has 0 spiro atoms. The lowest BCUT2D eigenvalue weighted by Gasteiger charge is -2.33. The van der Waals surface area contributed by atoms with Crippen LogP contribution in [0.1, 0.15) is 48.7 Å². The summed E-state index contributed by atoms with van der Waals surface area (Å²) in [5, 5.41) is -0.287. The number of anilines is 1. The van der Waals surface area contributed by atoms with Gasteiger partial charge in [-0.05, 0) is 62.4 Å². The number of sulfonamides is 1. The number of pyridine rings is 2. The minimum Gasteiger partial charge on any atom is -0.477 e. The third-order valence-electron chi connectivity index (χ3n) is 6.44. The van der Waals surface area contributed by atoms with Crippen molar-refractivity contribution in [2.45, 2.75) is 51.1 Å². The number of nitrogens with zero attached hydrogens (tertiary/aromatic N) is 3. The number of rotatable bonds is 8. The summed E-state index contributed by atoms with van der Waals surface area (Å²) < 4.78 is 33.9. The maximum absolute atomic E-state index is 13.1. The largest absolute Gasteiger partial charge is 0.477 e. The van der Waals surface area contributed by atoms with E-state index in [-0.39, 0.29) is 22.0 Å². The van der Waals surface area contributed by atoms with Gasteiger partial charge in [-0.1, -0.05) is 37.3 Å². The van der Waals surface area contributed by atoms with Gasteiger partial charge in [0.25, 0.3) is 15.9 Å². The highest BCUT2D eigenvalue weighted by Gasteiger charge is 2.39. The minimum absolute atomic E-state index is 0.175. The molecule has 2 aromatic heterocycles. The minimum atomic E-state index is -4.23. The average Bonchev–Trinajstić information content (AvgIpc) is 3.12. The van der Waals surface area contributed by atoms with Gasteiger partial charge in [-0.25, -0.2) is 9.71 Å². The quantitative estimate of drug-likeness (QED) is 0.488. The smallest absolute Gasteiger partial charge is 0.281 e. The predicted molar refractivity (Wildman–Crippen MR) is 139 cm³/mol. The number of aromatic nitrogens is 2. The zero-order valence-electron chi connectivity index (χ0n) is 21.1. The summed E-state index contributed by atoms with van der Waals surface area (Å²) in [6.07, 6.45) is 3.22. The molecule has 3 aromatic rings. The Labute approximate surface area is 212 Å². The number of ether oxygens (including phenoxy) is 1. The molecule has 1 atom stereocenters. The Morgan fingerprint density at radius 3 is 2.64 bits per heavy atom.